The summed E-state index contributed by atoms with van der Waals surface area (Å²) in [5.41, 5.74) is 2.20. The van der Waals surface area contributed by atoms with Gasteiger partial charge in [0.25, 0.3) is 0 Å². The number of pyridine rings is 1. The van der Waals surface area contributed by atoms with Crippen LogP contribution in [-0.4, -0.2) is 15.7 Å². The number of benzene rings is 1. The van der Waals surface area contributed by atoms with Gasteiger partial charge in [0, 0.05) is 20.4 Å². The van der Waals surface area contributed by atoms with Crippen LogP contribution in [0.5, 0.6) is 0 Å². The molecule has 1 aliphatic rings. The molecule has 0 bridgehead atoms. The van der Waals surface area contributed by atoms with Gasteiger partial charge in [-0.05, 0) is 83.7 Å². The molecule has 1 N–H and O–H groups in total. The van der Waals surface area contributed by atoms with Gasteiger partial charge in [-0.2, -0.15) is 0 Å². The molecule has 0 aliphatic heterocycles. The Morgan fingerprint density at radius 3 is 2.00 bits per heavy atom. The largest absolute Gasteiger partial charge is 0.384 e. The molecule has 1 aromatic heterocycles. The van der Waals surface area contributed by atoms with E-state index in [9.17, 15) is 24.5 Å². The van der Waals surface area contributed by atoms with Crippen molar-refractivity contribution in [1.29, 1.82) is 0 Å². The van der Waals surface area contributed by atoms with Crippen molar-refractivity contribution in [1.82, 2.24) is 4.98 Å². The third-order valence-corrected chi connectivity index (χ3v) is 10.1. The number of hydrogen-bond donors (Lipinski definition) is 1. The molecule has 2 aromatic rings. The van der Waals surface area contributed by atoms with Gasteiger partial charge >= 0.3 is 10.2 Å². The van der Waals surface area contributed by atoms with Crippen molar-refractivity contribution < 1.29 is 29.3 Å². The highest BCUT2D eigenvalue weighted by Crippen LogP contribution is 3.02. The minimum absolute atomic E-state index is 0.0841. The smallest absolute Gasteiger partial charge is 0.310 e. The molecular formula is C28H39F5INO2S. The summed E-state index contributed by atoms with van der Waals surface area (Å²) in [6.45, 7) is 18.6. The van der Waals surface area contributed by atoms with Crippen molar-refractivity contribution in [3.8, 4) is 0 Å². The summed E-state index contributed by atoms with van der Waals surface area (Å²) in [7, 11) is -9.82. The van der Waals surface area contributed by atoms with Crippen LogP contribution in [0.2, 0.25) is 0 Å². The number of ether oxygens (including phenoxy) is 1. The lowest BCUT2D eigenvalue weighted by atomic mass is 9.73. The molecule has 1 heterocycles. The van der Waals surface area contributed by atoms with Gasteiger partial charge in [-0.25, -0.2) is 0 Å². The fraction of sp³-hybridized carbons (Fsp3) is 0.607. The van der Waals surface area contributed by atoms with Gasteiger partial charge in [-0.15, -0.1) is 0 Å². The maximum absolute atomic E-state index is 13.3. The van der Waals surface area contributed by atoms with E-state index in [1.54, 1.807) is 0 Å². The van der Waals surface area contributed by atoms with Gasteiger partial charge in [-0.1, -0.05) is 80.0 Å². The Morgan fingerprint density at radius 2 is 1.55 bits per heavy atom. The lowest BCUT2D eigenvalue weighted by Crippen LogP contribution is -2.42. The maximum atomic E-state index is 13.3. The average molecular weight is 676 g/mol. The second-order valence-corrected chi connectivity index (χ2v) is 16.6. The molecule has 2 atom stereocenters. The second-order valence-electron chi connectivity index (χ2n) is 13.1. The third-order valence-electron chi connectivity index (χ3n) is 7.73. The Bertz CT molecular complexity index is 1220. The Morgan fingerprint density at radius 1 is 1.03 bits per heavy atom. The number of fused-ring (bicyclic) bond motifs is 1. The fourth-order valence-corrected chi connectivity index (χ4v) is 6.53. The third kappa shape index (κ3) is 6.49. The number of hydrogen-bond acceptors (Lipinski definition) is 3. The molecule has 10 heteroatoms. The molecule has 0 fully saturated rings. The molecule has 216 valence electrons. The van der Waals surface area contributed by atoms with Crippen LogP contribution in [0.1, 0.15) is 115 Å². The number of halogens is 6. The predicted octanol–water partition coefficient (Wildman–Crippen LogP) is 10.4. The van der Waals surface area contributed by atoms with Crippen molar-refractivity contribution >= 4 is 32.8 Å². The van der Waals surface area contributed by atoms with Gasteiger partial charge in [0.05, 0.1) is 17.4 Å². The number of rotatable bonds is 6. The summed E-state index contributed by atoms with van der Waals surface area (Å²) >= 11 is 2.17. The van der Waals surface area contributed by atoms with E-state index in [0.29, 0.717) is 29.8 Å². The van der Waals surface area contributed by atoms with Crippen molar-refractivity contribution in [3.05, 3.63) is 55.9 Å². The molecule has 0 spiro atoms. The number of aliphatic hydroxyl groups excluding tert-OH is 1. The van der Waals surface area contributed by atoms with E-state index in [0.717, 1.165) is 33.4 Å². The van der Waals surface area contributed by atoms with Crippen molar-refractivity contribution in [3.63, 3.8) is 0 Å². The van der Waals surface area contributed by atoms with E-state index in [-0.39, 0.29) is 28.4 Å². The number of nitrogens with zero attached hydrogens (tertiary/aromatic N) is 1. The highest BCUT2D eigenvalue weighted by atomic mass is 127. The van der Waals surface area contributed by atoms with Gasteiger partial charge in [0.15, 0.2) is 0 Å². The van der Waals surface area contributed by atoms with E-state index in [1.165, 1.54) is 0 Å². The summed E-state index contributed by atoms with van der Waals surface area (Å²) in [5, 5.41) is 11.4. The van der Waals surface area contributed by atoms with Crippen molar-refractivity contribution in [2.24, 2.45) is 10.8 Å². The first-order valence-electron chi connectivity index (χ1n) is 12.7. The molecule has 1 unspecified atom stereocenters. The van der Waals surface area contributed by atoms with E-state index in [2.05, 4.69) is 57.2 Å². The zero-order valence-electron chi connectivity index (χ0n) is 23.4. The zero-order valence-corrected chi connectivity index (χ0v) is 26.4. The molecule has 0 saturated carbocycles. The minimum atomic E-state index is -9.82. The highest BCUT2D eigenvalue weighted by Gasteiger charge is 2.65. The summed E-state index contributed by atoms with van der Waals surface area (Å²) in [6, 6.07) is 2.51. The Hall–Kier alpha value is -0.980. The number of aliphatic hydroxyl groups is 1. The highest BCUT2D eigenvalue weighted by molar-refractivity contribution is 14.1. The first kappa shape index (κ1) is 31.5. The van der Waals surface area contributed by atoms with Crippen LogP contribution in [0, 0.1) is 14.4 Å². The molecule has 1 aromatic carbocycles. The second kappa shape index (κ2) is 9.01. The molecule has 0 amide bonds. The van der Waals surface area contributed by atoms with Gasteiger partial charge in [0.1, 0.15) is 11.0 Å². The lowest BCUT2D eigenvalue weighted by molar-refractivity contribution is -0.146. The summed E-state index contributed by atoms with van der Waals surface area (Å²) < 4.78 is 73.8. The van der Waals surface area contributed by atoms with E-state index < -0.39 is 26.8 Å². The van der Waals surface area contributed by atoms with E-state index >= 15 is 0 Å². The van der Waals surface area contributed by atoms with Crippen LogP contribution in [0.15, 0.2) is 29.2 Å². The first-order valence-corrected chi connectivity index (χ1v) is 15.7. The van der Waals surface area contributed by atoms with E-state index in [1.807, 2.05) is 27.7 Å². The van der Waals surface area contributed by atoms with Crippen LogP contribution >= 0.6 is 32.8 Å². The zero-order chi connectivity index (χ0) is 29.3. The Labute approximate surface area is 236 Å². The predicted molar refractivity (Wildman–Crippen MR) is 152 cm³/mol. The summed E-state index contributed by atoms with van der Waals surface area (Å²) in [4.78, 5) is 3.02. The van der Waals surface area contributed by atoms with Crippen LogP contribution in [0.4, 0.5) is 19.4 Å². The molecule has 3 nitrogen and oxygen atoms in total. The minimum Gasteiger partial charge on any atom is -0.384 e. The van der Waals surface area contributed by atoms with Crippen LogP contribution in [0.3, 0.4) is 0 Å². The lowest BCUT2D eigenvalue weighted by Gasteiger charge is -2.46. The van der Waals surface area contributed by atoms with Gasteiger partial charge in [0.2, 0.25) is 0 Å². The Kier molecular flexibility index (Phi) is 7.48. The first-order chi connectivity index (χ1) is 16.7. The quantitative estimate of drug-likeness (QED) is 0.245. The standard InChI is InChI=1S/C28H39F5INO2S/c1-16(2)24-22(25(36)17-10-12-18(13-11-17)38(29,30,31,32)33)23(34)21-19(35-24)14-27(6,7)15-20(21)37-28(8,9)26(3,4)5/h10-13,16,20,25,36H,14-15H2,1-9H3/t20-,25?/m0/s1. The fourth-order valence-electron chi connectivity index (χ4n) is 4.65. The average Bonchev–Trinajstić information content (AvgIpc) is 2.69. The molecule has 1 aliphatic carbocycles. The van der Waals surface area contributed by atoms with Crippen LogP contribution in [0.25, 0.3) is 0 Å². The molecule has 0 saturated heterocycles. The Balaban J connectivity index is 2.20. The van der Waals surface area contributed by atoms with Crippen molar-refractivity contribution in [2.45, 2.75) is 104 Å². The van der Waals surface area contributed by atoms with Crippen molar-refractivity contribution in [2.75, 3.05) is 0 Å². The van der Waals surface area contributed by atoms with Crippen LogP contribution in [-0.2, 0) is 11.2 Å². The SMILES string of the molecule is CC(C)c1nc2c(c(I)c1C(O)c1ccc(S(F)(F)(F)(F)F)cc1)[C@@H](OC(C)(C)C(C)(C)C)CC(C)(C)C2. The molecular weight excluding hydrogens is 636 g/mol. The summed E-state index contributed by atoms with van der Waals surface area (Å²) in [5.74, 6) is -0.0992. The van der Waals surface area contributed by atoms with Gasteiger partial charge in [-0.3, -0.25) is 4.98 Å². The molecule has 3 rings (SSSR count). The topological polar surface area (TPSA) is 42.4 Å². The van der Waals surface area contributed by atoms with E-state index in [4.69, 9.17) is 9.72 Å². The van der Waals surface area contributed by atoms with Crippen LogP contribution < -0.4 is 0 Å². The maximum Gasteiger partial charge on any atom is 0.310 e. The normalized spacial score (nSPS) is 21.0. The van der Waals surface area contributed by atoms with Gasteiger partial charge < -0.3 is 9.84 Å². The summed E-state index contributed by atoms with van der Waals surface area (Å²) in [6.07, 6.45) is -0.226. The monoisotopic (exact) mass is 675 g/mol. The molecule has 38 heavy (non-hydrogen) atoms. The number of aromatic nitrogens is 1. The molecule has 0 radical (unpaired) electrons.